The van der Waals surface area contributed by atoms with Gasteiger partial charge in [-0.25, -0.2) is 8.42 Å². The number of anilines is 1. The molecule has 0 saturated carbocycles. The SMILES string of the molecule is CN(c1ccccc1)S(=O)(=O)c1ccc([B-](F)(F)F)cc1.[K+]. The molecule has 0 aliphatic carbocycles. The quantitative estimate of drug-likeness (QED) is 0.700. The molecule has 0 unspecified atom stereocenters. The molecular formula is C13H12BF3KNO2S. The van der Waals surface area contributed by atoms with Crippen LogP contribution in [0, 0.1) is 0 Å². The van der Waals surface area contributed by atoms with Gasteiger partial charge in [0.05, 0.1) is 10.6 Å². The van der Waals surface area contributed by atoms with Gasteiger partial charge >= 0.3 is 58.4 Å². The third kappa shape index (κ3) is 4.36. The van der Waals surface area contributed by atoms with Crippen molar-refractivity contribution in [3.05, 3.63) is 54.6 Å². The van der Waals surface area contributed by atoms with Gasteiger partial charge in [-0.15, -0.1) is 5.46 Å². The Balaban J connectivity index is 0.00000242. The molecule has 0 saturated heterocycles. The normalized spacial score (nSPS) is 11.6. The fraction of sp³-hybridized carbons (Fsp3) is 0.0769. The molecule has 9 heteroatoms. The van der Waals surface area contributed by atoms with Crippen molar-refractivity contribution < 1.29 is 72.7 Å². The average molecular weight is 353 g/mol. The number of nitrogens with zero attached hydrogens (tertiary/aromatic N) is 1. The fourth-order valence-electron chi connectivity index (χ4n) is 1.79. The zero-order chi connectivity index (χ0) is 15.7. The summed E-state index contributed by atoms with van der Waals surface area (Å²) in [4.78, 5) is -0.183. The topological polar surface area (TPSA) is 37.4 Å². The summed E-state index contributed by atoms with van der Waals surface area (Å²) < 4.78 is 63.3. The Hall–Kier alpha value is -0.319. The van der Waals surface area contributed by atoms with Gasteiger partial charge in [0.1, 0.15) is 0 Å². The van der Waals surface area contributed by atoms with Crippen LogP contribution in [0.25, 0.3) is 0 Å². The summed E-state index contributed by atoms with van der Waals surface area (Å²) in [6.07, 6.45) is 0. The van der Waals surface area contributed by atoms with Gasteiger partial charge in [-0.2, -0.15) is 0 Å². The Morgan fingerprint density at radius 2 is 1.41 bits per heavy atom. The number of para-hydroxylation sites is 1. The standard InChI is InChI=1S/C13H12BF3NO2S.K/c1-18(12-5-3-2-4-6-12)21(19,20)13-9-7-11(8-10-13)14(15,16)17;/h2-10H,1H3;/q-1;+1. The Morgan fingerprint density at radius 3 is 1.86 bits per heavy atom. The first-order valence-electron chi connectivity index (χ1n) is 6.07. The van der Waals surface area contributed by atoms with Crippen LogP contribution in [0.5, 0.6) is 0 Å². The van der Waals surface area contributed by atoms with Crippen LogP contribution in [0.2, 0.25) is 0 Å². The van der Waals surface area contributed by atoms with Gasteiger partial charge in [0, 0.05) is 7.05 Å². The van der Waals surface area contributed by atoms with Gasteiger partial charge in [-0.05, 0) is 24.3 Å². The Labute approximate surface area is 170 Å². The smallest absolute Gasteiger partial charge is 0.445 e. The number of sulfonamides is 1. The van der Waals surface area contributed by atoms with Crippen LogP contribution in [-0.4, -0.2) is 22.4 Å². The second-order valence-electron chi connectivity index (χ2n) is 4.45. The molecule has 0 aliphatic rings. The van der Waals surface area contributed by atoms with Gasteiger partial charge in [0.25, 0.3) is 10.0 Å². The average Bonchev–Trinajstić information content (AvgIpc) is 2.46. The van der Waals surface area contributed by atoms with Crippen molar-refractivity contribution in [3.8, 4) is 0 Å². The molecule has 2 rings (SSSR count). The van der Waals surface area contributed by atoms with Crippen molar-refractivity contribution in [2.75, 3.05) is 11.4 Å². The summed E-state index contributed by atoms with van der Waals surface area (Å²) in [5.41, 5.74) is -0.391. The van der Waals surface area contributed by atoms with Crippen molar-refractivity contribution in [1.82, 2.24) is 0 Å². The first-order valence-corrected chi connectivity index (χ1v) is 7.51. The van der Waals surface area contributed by atoms with Gasteiger partial charge in [-0.3, -0.25) is 4.31 Å². The Bertz CT molecular complexity index is 721. The van der Waals surface area contributed by atoms with Crippen LogP contribution in [0.4, 0.5) is 18.6 Å². The third-order valence-corrected chi connectivity index (χ3v) is 4.84. The summed E-state index contributed by atoms with van der Waals surface area (Å²) in [7, 11) is -2.53. The first kappa shape index (κ1) is 19.7. The number of hydrogen-bond acceptors (Lipinski definition) is 2. The van der Waals surface area contributed by atoms with Crippen molar-refractivity contribution in [2.45, 2.75) is 4.90 Å². The van der Waals surface area contributed by atoms with Gasteiger partial charge in [-0.1, -0.05) is 30.3 Å². The Kier molecular flexibility index (Phi) is 6.73. The molecule has 0 amide bonds. The zero-order valence-electron chi connectivity index (χ0n) is 12.1. The molecule has 0 bridgehead atoms. The van der Waals surface area contributed by atoms with Crippen molar-refractivity contribution in [2.24, 2.45) is 0 Å². The van der Waals surface area contributed by atoms with Crippen LogP contribution in [0.15, 0.2) is 59.5 Å². The number of rotatable bonds is 4. The zero-order valence-corrected chi connectivity index (χ0v) is 16.0. The summed E-state index contributed by atoms with van der Waals surface area (Å²) in [6, 6.07) is 11.8. The van der Waals surface area contributed by atoms with Crippen LogP contribution in [-0.2, 0) is 10.0 Å². The van der Waals surface area contributed by atoms with Crippen molar-refractivity contribution >= 4 is 28.2 Å². The summed E-state index contributed by atoms with van der Waals surface area (Å²) in [6.45, 7) is -5.13. The maximum absolute atomic E-state index is 12.5. The molecule has 0 atom stereocenters. The van der Waals surface area contributed by atoms with E-state index in [4.69, 9.17) is 0 Å². The van der Waals surface area contributed by atoms with E-state index in [1.807, 2.05) is 0 Å². The predicted octanol–water partition coefficient (Wildman–Crippen LogP) is -0.430. The number of hydrogen-bond donors (Lipinski definition) is 0. The van der Waals surface area contributed by atoms with E-state index in [0.717, 1.165) is 28.6 Å². The van der Waals surface area contributed by atoms with Gasteiger partial charge < -0.3 is 12.9 Å². The summed E-state index contributed by atoms with van der Waals surface area (Å²) >= 11 is 0. The summed E-state index contributed by atoms with van der Waals surface area (Å²) in [5.74, 6) is 0. The van der Waals surface area contributed by atoms with Crippen LogP contribution in [0.3, 0.4) is 0 Å². The summed E-state index contributed by atoms with van der Waals surface area (Å²) in [5, 5.41) is 0. The predicted molar refractivity (Wildman–Crippen MR) is 77.2 cm³/mol. The Morgan fingerprint density at radius 1 is 0.909 bits per heavy atom. The van der Waals surface area contributed by atoms with Crippen LogP contribution >= 0.6 is 0 Å². The molecule has 0 aliphatic heterocycles. The van der Waals surface area contributed by atoms with Crippen molar-refractivity contribution in [3.63, 3.8) is 0 Å². The monoisotopic (exact) mass is 353 g/mol. The number of benzene rings is 2. The third-order valence-electron chi connectivity index (χ3n) is 3.04. The second-order valence-corrected chi connectivity index (χ2v) is 6.42. The van der Waals surface area contributed by atoms with Gasteiger partial charge in [0.2, 0.25) is 0 Å². The first-order chi connectivity index (χ1) is 9.73. The van der Waals surface area contributed by atoms with E-state index in [1.165, 1.54) is 7.05 Å². The molecule has 0 spiro atoms. The van der Waals surface area contributed by atoms with E-state index in [-0.39, 0.29) is 56.3 Å². The van der Waals surface area contributed by atoms with E-state index in [9.17, 15) is 21.4 Å². The molecule has 0 heterocycles. The molecule has 0 N–H and O–H groups in total. The maximum Gasteiger partial charge on any atom is 1.00 e. The van der Waals surface area contributed by atoms with E-state index >= 15 is 0 Å². The number of halogens is 3. The van der Waals surface area contributed by atoms with Crippen LogP contribution < -0.4 is 61.2 Å². The minimum atomic E-state index is -5.13. The van der Waals surface area contributed by atoms with Crippen molar-refractivity contribution in [1.29, 1.82) is 0 Å². The van der Waals surface area contributed by atoms with Crippen LogP contribution in [0.1, 0.15) is 0 Å². The molecule has 3 nitrogen and oxygen atoms in total. The second kappa shape index (κ2) is 7.50. The van der Waals surface area contributed by atoms with E-state index in [2.05, 4.69) is 0 Å². The molecule has 0 aromatic heterocycles. The molecule has 0 fully saturated rings. The molecule has 2 aromatic carbocycles. The maximum atomic E-state index is 12.5. The van der Waals surface area contributed by atoms with E-state index in [0.29, 0.717) is 5.69 Å². The largest absolute Gasteiger partial charge is 1.00 e. The van der Waals surface area contributed by atoms with E-state index < -0.39 is 22.5 Å². The molecule has 0 radical (unpaired) electrons. The minimum Gasteiger partial charge on any atom is -0.445 e. The molecule has 2 aromatic rings. The van der Waals surface area contributed by atoms with Gasteiger partial charge in [0.15, 0.2) is 0 Å². The molecule has 112 valence electrons. The minimum absolute atomic E-state index is 0. The molecular weight excluding hydrogens is 341 g/mol. The molecule has 22 heavy (non-hydrogen) atoms. The van der Waals surface area contributed by atoms with E-state index in [1.54, 1.807) is 30.3 Å². The fourth-order valence-corrected chi connectivity index (χ4v) is 2.99.